The Morgan fingerprint density at radius 2 is 1.81 bits per heavy atom. The zero-order valence-corrected chi connectivity index (χ0v) is 11.5. The molecule has 0 aromatic rings. The van der Waals surface area contributed by atoms with Crippen LogP contribution in [-0.2, 0) is 4.74 Å². The summed E-state index contributed by atoms with van der Waals surface area (Å²) in [6, 6.07) is 0. The first-order valence-electron chi connectivity index (χ1n) is 6.71. The highest BCUT2D eigenvalue weighted by Crippen LogP contribution is 2.34. The van der Waals surface area contributed by atoms with E-state index in [-0.39, 0.29) is 5.60 Å². The van der Waals surface area contributed by atoms with Gasteiger partial charge in [-0.1, -0.05) is 27.7 Å². The molecule has 0 unspecified atom stereocenters. The summed E-state index contributed by atoms with van der Waals surface area (Å²) in [6.45, 7) is 10.6. The minimum absolute atomic E-state index is 0.00222. The molecule has 0 radical (unpaired) electrons. The van der Waals surface area contributed by atoms with Crippen molar-refractivity contribution in [1.82, 2.24) is 0 Å². The molecule has 0 spiro atoms. The van der Waals surface area contributed by atoms with E-state index in [9.17, 15) is 0 Å². The molecule has 16 heavy (non-hydrogen) atoms. The highest BCUT2D eigenvalue weighted by molar-refractivity contribution is 4.87. The second-order valence-corrected chi connectivity index (χ2v) is 6.73. The lowest BCUT2D eigenvalue weighted by Crippen LogP contribution is -2.44. The third kappa shape index (κ3) is 4.42. The van der Waals surface area contributed by atoms with Gasteiger partial charge in [-0.05, 0) is 43.4 Å². The summed E-state index contributed by atoms with van der Waals surface area (Å²) in [5, 5.41) is 0. The van der Waals surface area contributed by atoms with Crippen molar-refractivity contribution in [2.45, 2.75) is 65.4 Å². The fourth-order valence-corrected chi connectivity index (χ4v) is 2.27. The Kier molecular flexibility index (Phi) is 4.81. The van der Waals surface area contributed by atoms with E-state index >= 15 is 0 Å². The van der Waals surface area contributed by atoms with Crippen LogP contribution < -0.4 is 5.73 Å². The van der Waals surface area contributed by atoms with Gasteiger partial charge in [0.2, 0.25) is 0 Å². The smallest absolute Gasteiger partial charge is 0.0804 e. The molecule has 2 N–H and O–H groups in total. The van der Waals surface area contributed by atoms with Gasteiger partial charge in [-0.15, -0.1) is 0 Å². The first-order chi connectivity index (χ1) is 7.37. The Balaban J connectivity index is 2.36. The zero-order chi connectivity index (χ0) is 12.2. The second kappa shape index (κ2) is 5.50. The third-order valence-electron chi connectivity index (χ3n) is 3.82. The molecule has 0 aliphatic heterocycles. The maximum atomic E-state index is 6.12. The van der Waals surface area contributed by atoms with Crippen LogP contribution in [0.15, 0.2) is 0 Å². The third-order valence-corrected chi connectivity index (χ3v) is 3.82. The first kappa shape index (κ1) is 14.0. The van der Waals surface area contributed by atoms with Crippen molar-refractivity contribution in [2.75, 3.05) is 13.2 Å². The number of hydrogen-bond donors (Lipinski definition) is 1. The zero-order valence-electron chi connectivity index (χ0n) is 11.5. The van der Waals surface area contributed by atoms with Crippen LogP contribution in [0.5, 0.6) is 0 Å². The van der Waals surface area contributed by atoms with Gasteiger partial charge < -0.3 is 10.5 Å². The van der Waals surface area contributed by atoms with Crippen LogP contribution in [0.3, 0.4) is 0 Å². The lowest BCUT2D eigenvalue weighted by atomic mass is 9.79. The lowest BCUT2D eigenvalue weighted by Gasteiger charge is -2.39. The molecule has 0 saturated heterocycles. The topological polar surface area (TPSA) is 35.2 Å². The van der Waals surface area contributed by atoms with Gasteiger partial charge in [-0.2, -0.15) is 0 Å². The van der Waals surface area contributed by atoms with Crippen molar-refractivity contribution in [3.8, 4) is 0 Å². The molecular weight excluding hydrogens is 198 g/mol. The molecule has 0 amide bonds. The summed E-state index contributed by atoms with van der Waals surface area (Å²) in [5.41, 5.74) is 6.27. The Hall–Kier alpha value is -0.0800. The van der Waals surface area contributed by atoms with Crippen molar-refractivity contribution in [3.63, 3.8) is 0 Å². The van der Waals surface area contributed by atoms with Gasteiger partial charge in [-0.25, -0.2) is 0 Å². The molecule has 2 nitrogen and oxygen atoms in total. The number of rotatable bonds is 4. The molecular formula is C14H29NO. The average molecular weight is 227 g/mol. The van der Waals surface area contributed by atoms with E-state index in [2.05, 4.69) is 27.7 Å². The summed E-state index contributed by atoms with van der Waals surface area (Å²) in [4.78, 5) is 0. The van der Waals surface area contributed by atoms with Crippen molar-refractivity contribution in [1.29, 1.82) is 0 Å². The predicted octanol–water partition coefficient (Wildman–Crippen LogP) is 3.35. The lowest BCUT2D eigenvalue weighted by molar-refractivity contribution is -0.0766. The normalized spacial score (nSPS) is 31.7. The van der Waals surface area contributed by atoms with Gasteiger partial charge in [0.05, 0.1) is 5.60 Å². The molecule has 2 heteroatoms. The van der Waals surface area contributed by atoms with Crippen LogP contribution in [0.1, 0.15) is 59.8 Å². The largest absolute Gasteiger partial charge is 0.374 e. The monoisotopic (exact) mass is 227 g/mol. The fraction of sp³-hybridized carbons (Fsp3) is 1.00. The molecule has 1 fully saturated rings. The van der Waals surface area contributed by atoms with Crippen LogP contribution in [0, 0.1) is 11.3 Å². The van der Waals surface area contributed by atoms with Crippen molar-refractivity contribution >= 4 is 0 Å². The van der Waals surface area contributed by atoms with Crippen LogP contribution in [0.2, 0.25) is 0 Å². The fourth-order valence-electron chi connectivity index (χ4n) is 2.27. The summed E-state index contributed by atoms with van der Waals surface area (Å²) < 4.78 is 6.12. The van der Waals surface area contributed by atoms with Gasteiger partial charge in [0.15, 0.2) is 0 Å². The summed E-state index contributed by atoms with van der Waals surface area (Å²) in [7, 11) is 0. The van der Waals surface area contributed by atoms with Gasteiger partial charge >= 0.3 is 0 Å². The molecule has 1 saturated carbocycles. The SMILES string of the molecule is CC1CCC(CN)(OCCC(C)(C)C)CC1. The summed E-state index contributed by atoms with van der Waals surface area (Å²) in [5.74, 6) is 0.853. The summed E-state index contributed by atoms with van der Waals surface area (Å²) >= 11 is 0. The Labute approximate surface area is 101 Å². The minimum Gasteiger partial charge on any atom is -0.374 e. The number of nitrogens with two attached hydrogens (primary N) is 1. The maximum Gasteiger partial charge on any atom is 0.0804 e. The predicted molar refractivity (Wildman–Crippen MR) is 69.4 cm³/mol. The molecule has 0 heterocycles. The van der Waals surface area contributed by atoms with E-state index < -0.39 is 0 Å². The molecule has 0 aromatic carbocycles. The van der Waals surface area contributed by atoms with Crippen LogP contribution in [-0.4, -0.2) is 18.8 Å². The van der Waals surface area contributed by atoms with E-state index in [1.807, 2.05) is 0 Å². The quantitative estimate of drug-likeness (QED) is 0.799. The molecule has 0 aromatic heterocycles. The Morgan fingerprint density at radius 1 is 1.25 bits per heavy atom. The Morgan fingerprint density at radius 3 is 2.25 bits per heavy atom. The highest BCUT2D eigenvalue weighted by Gasteiger charge is 2.33. The molecule has 96 valence electrons. The maximum absolute atomic E-state index is 6.12. The second-order valence-electron chi connectivity index (χ2n) is 6.73. The van der Waals surface area contributed by atoms with Crippen molar-refractivity contribution in [2.24, 2.45) is 17.1 Å². The van der Waals surface area contributed by atoms with Crippen LogP contribution >= 0.6 is 0 Å². The molecule has 0 atom stereocenters. The van der Waals surface area contributed by atoms with Gasteiger partial charge in [0, 0.05) is 13.2 Å². The van der Waals surface area contributed by atoms with E-state index in [0.717, 1.165) is 31.8 Å². The summed E-state index contributed by atoms with van der Waals surface area (Å²) in [6.07, 6.45) is 5.95. The van der Waals surface area contributed by atoms with Crippen LogP contribution in [0.25, 0.3) is 0 Å². The van der Waals surface area contributed by atoms with Gasteiger partial charge in [0.25, 0.3) is 0 Å². The highest BCUT2D eigenvalue weighted by atomic mass is 16.5. The molecule has 1 rings (SSSR count). The Bertz CT molecular complexity index is 199. The first-order valence-corrected chi connectivity index (χ1v) is 6.71. The van der Waals surface area contributed by atoms with Crippen molar-refractivity contribution < 1.29 is 4.74 Å². The number of hydrogen-bond acceptors (Lipinski definition) is 2. The number of ether oxygens (including phenoxy) is 1. The molecule has 1 aliphatic carbocycles. The van der Waals surface area contributed by atoms with Crippen molar-refractivity contribution in [3.05, 3.63) is 0 Å². The molecule has 0 bridgehead atoms. The van der Waals surface area contributed by atoms with E-state index in [1.54, 1.807) is 0 Å². The van der Waals surface area contributed by atoms with E-state index in [0.29, 0.717) is 12.0 Å². The standard InChI is InChI=1S/C14H29NO/c1-12-5-7-14(11-15,8-6-12)16-10-9-13(2,3)4/h12H,5-11,15H2,1-4H3. The van der Waals surface area contributed by atoms with E-state index in [4.69, 9.17) is 10.5 Å². The van der Waals surface area contributed by atoms with Crippen LogP contribution in [0.4, 0.5) is 0 Å². The van der Waals surface area contributed by atoms with E-state index in [1.165, 1.54) is 12.8 Å². The van der Waals surface area contributed by atoms with Gasteiger partial charge in [-0.3, -0.25) is 0 Å². The van der Waals surface area contributed by atoms with Gasteiger partial charge in [0.1, 0.15) is 0 Å². The average Bonchev–Trinajstić information content (AvgIpc) is 2.20. The molecule has 1 aliphatic rings. The minimum atomic E-state index is -0.00222.